The van der Waals surface area contributed by atoms with Gasteiger partial charge in [-0.15, -0.1) is 0 Å². The molecule has 0 spiro atoms. The van der Waals surface area contributed by atoms with E-state index in [0.29, 0.717) is 51.8 Å². The Morgan fingerprint density at radius 3 is 2.23 bits per heavy atom. The molecule has 0 saturated heterocycles. The molecule has 200 valence electrons. The Labute approximate surface area is 237 Å². The normalized spacial score (nSPS) is 13.0. The van der Waals surface area contributed by atoms with Crippen molar-refractivity contribution >= 4 is 29.1 Å². The second-order valence-electron chi connectivity index (χ2n) is 9.21. The fourth-order valence-electron chi connectivity index (χ4n) is 4.71. The summed E-state index contributed by atoms with van der Waals surface area (Å²) in [6, 6.07) is 28.3. The number of benzene rings is 4. The number of methoxy groups -OCH3 is 1. The molecule has 1 aliphatic heterocycles. The fourth-order valence-corrected chi connectivity index (χ4v) is 4.94. The van der Waals surface area contributed by atoms with Crippen LogP contribution in [0.15, 0.2) is 91.0 Å². The van der Waals surface area contributed by atoms with Crippen molar-refractivity contribution in [3.63, 3.8) is 0 Å². The number of nitrogens with one attached hydrogen (secondary N) is 1. The summed E-state index contributed by atoms with van der Waals surface area (Å²) in [5.74, 6) is 0.314. The highest BCUT2D eigenvalue weighted by Crippen LogP contribution is 2.36. The molecule has 8 heteroatoms. The minimum absolute atomic E-state index is 0.243. The molecule has 1 unspecified atom stereocenters. The average molecular weight is 552 g/mol. The zero-order chi connectivity index (χ0) is 28.1. The van der Waals surface area contributed by atoms with Gasteiger partial charge in [0.25, 0.3) is 11.8 Å². The third-order valence-corrected chi connectivity index (χ3v) is 7.18. The molecule has 5 rings (SSSR count). The first-order valence-electron chi connectivity index (χ1n) is 12.7. The van der Waals surface area contributed by atoms with Crippen molar-refractivity contribution in [2.45, 2.75) is 12.5 Å². The van der Waals surface area contributed by atoms with E-state index in [0.717, 1.165) is 11.3 Å². The molecule has 2 amide bonds. The zero-order valence-corrected chi connectivity index (χ0v) is 22.5. The number of rotatable bonds is 10. The van der Waals surface area contributed by atoms with Crippen molar-refractivity contribution in [3.8, 4) is 17.6 Å². The van der Waals surface area contributed by atoms with E-state index in [1.165, 1.54) is 4.90 Å². The van der Waals surface area contributed by atoms with Crippen molar-refractivity contribution in [2.24, 2.45) is 0 Å². The van der Waals surface area contributed by atoms with E-state index in [1.807, 2.05) is 30.3 Å². The third kappa shape index (κ3) is 5.49. The summed E-state index contributed by atoms with van der Waals surface area (Å²) in [4.78, 5) is 28.1. The number of imide groups is 1. The lowest BCUT2D eigenvalue weighted by Crippen LogP contribution is -2.37. The Bertz CT molecular complexity index is 1560. The molecule has 1 N–H and O–H groups in total. The molecule has 4 aromatic rings. The van der Waals surface area contributed by atoms with Crippen LogP contribution >= 0.6 is 11.6 Å². The number of carbonyl (C=O) groups excluding carboxylic acids is 2. The molecule has 1 aliphatic rings. The van der Waals surface area contributed by atoms with E-state index in [9.17, 15) is 9.59 Å². The van der Waals surface area contributed by atoms with Crippen LogP contribution in [-0.4, -0.2) is 37.0 Å². The second-order valence-corrected chi connectivity index (χ2v) is 9.62. The Balaban J connectivity index is 1.41. The number of nitrogens with zero attached hydrogens (tertiary/aromatic N) is 2. The summed E-state index contributed by atoms with van der Waals surface area (Å²) in [5, 5.41) is 13.1. The van der Waals surface area contributed by atoms with Gasteiger partial charge in [-0.25, -0.2) is 0 Å². The topological polar surface area (TPSA) is 91.7 Å². The third-order valence-electron chi connectivity index (χ3n) is 6.81. The number of amides is 2. The van der Waals surface area contributed by atoms with Gasteiger partial charge >= 0.3 is 0 Å². The van der Waals surface area contributed by atoms with Gasteiger partial charge in [-0.2, -0.15) is 5.26 Å². The molecular formula is C32H26ClN3O4. The van der Waals surface area contributed by atoms with Crippen LogP contribution in [0.4, 0.5) is 5.69 Å². The number of anilines is 1. The summed E-state index contributed by atoms with van der Waals surface area (Å²) >= 11 is 6.27. The van der Waals surface area contributed by atoms with Crippen LogP contribution in [0.3, 0.4) is 0 Å². The Morgan fingerprint density at radius 1 is 0.900 bits per heavy atom. The van der Waals surface area contributed by atoms with Crippen LogP contribution in [0.1, 0.15) is 43.4 Å². The van der Waals surface area contributed by atoms with Gasteiger partial charge in [-0.3, -0.25) is 14.5 Å². The smallest absolute Gasteiger partial charge is 0.262 e. The van der Waals surface area contributed by atoms with Crippen LogP contribution in [0, 0.1) is 11.3 Å². The average Bonchev–Trinajstić information content (AvgIpc) is 3.24. The molecular weight excluding hydrogens is 526 g/mol. The number of carbonyl (C=O) groups is 2. The lowest BCUT2D eigenvalue weighted by atomic mass is 10.0. The van der Waals surface area contributed by atoms with E-state index in [2.05, 4.69) is 11.4 Å². The van der Waals surface area contributed by atoms with E-state index in [1.54, 1.807) is 67.8 Å². The summed E-state index contributed by atoms with van der Waals surface area (Å²) in [7, 11) is 1.55. The first-order valence-corrected chi connectivity index (χ1v) is 13.1. The highest BCUT2D eigenvalue weighted by Gasteiger charge is 2.40. The van der Waals surface area contributed by atoms with Gasteiger partial charge in [-0.05, 0) is 65.7 Å². The van der Waals surface area contributed by atoms with Crippen LogP contribution in [0.5, 0.6) is 11.5 Å². The predicted molar refractivity (Wildman–Crippen MR) is 153 cm³/mol. The molecule has 0 aromatic heterocycles. The molecule has 4 aromatic carbocycles. The SMILES string of the molecule is COc1cc(C(CNc2ccc(C#N)cc2)N2C(=O)c3ccccc3C2=O)ccc1OCCc1ccccc1Cl. The molecule has 40 heavy (non-hydrogen) atoms. The minimum atomic E-state index is -0.644. The Hall–Kier alpha value is -4.80. The summed E-state index contributed by atoms with van der Waals surface area (Å²) < 4.78 is 11.7. The molecule has 0 aliphatic carbocycles. The summed E-state index contributed by atoms with van der Waals surface area (Å²) in [6.45, 7) is 0.634. The van der Waals surface area contributed by atoms with Gasteiger partial charge in [0.05, 0.1) is 42.5 Å². The zero-order valence-electron chi connectivity index (χ0n) is 21.8. The lowest BCUT2D eigenvalue weighted by molar-refractivity contribution is 0.0590. The number of hydrogen-bond donors (Lipinski definition) is 1. The highest BCUT2D eigenvalue weighted by molar-refractivity contribution is 6.31. The van der Waals surface area contributed by atoms with Crippen molar-refractivity contribution in [2.75, 3.05) is 25.6 Å². The molecule has 1 atom stereocenters. The van der Waals surface area contributed by atoms with Gasteiger partial charge in [0, 0.05) is 23.7 Å². The number of hydrogen-bond acceptors (Lipinski definition) is 6. The Morgan fingerprint density at radius 2 is 1.57 bits per heavy atom. The summed E-state index contributed by atoms with van der Waals surface area (Å²) in [5.41, 5.74) is 3.74. The molecule has 0 bridgehead atoms. The molecule has 0 saturated carbocycles. The van der Waals surface area contributed by atoms with E-state index >= 15 is 0 Å². The maximum atomic E-state index is 13.4. The van der Waals surface area contributed by atoms with Crippen LogP contribution in [0.2, 0.25) is 5.02 Å². The number of halogens is 1. The van der Waals surface area contributed by atoms with Gasteiger partial charge in [-0.1, -0.05) is 48.0 Å². The van der Waals surface area contributed by atoms with Crippen molar-refractivity contribution in [3.05, 3.63) is 124 Å². The lowest BCUT2D eigenvalue weighted by Gasteiger charge is -2.28. The standard InChI is InChI=1S/C32H26ClN3O4/c1-39-30-18-23(12-15-29(30)40-17-16-22-6-2-5-9-27(22)33)28(20-35-24-13-10-21(19-34)11-14-24)36-31(37)25-7-3-4-8-26(25)32(36)38/h2-15,18,28,35H,16-17,20H2,1H3. The van der Waals surface area contributed by atoms with E-state index in [4.69, 9.17) is 26.3 Å². The van der Waals surface area contributed by atoms with Crippen molar-refractivity contribution in [1.82, 2.24) is 4.90 Å². The molecule has 0 radical (unpaired) electrons. The van der Waals surface area contributed by atoms with Crippen LogP contribution in [0.25, 0.3) is 0 Å². The Kier molecular flexibility index (Phi) is 7.99. The summed E-state index contributed by atoms with van der Waals surface area (Å²) in [6.07, 6.45) is 0.622. The molecule has 0 fully saturated rings. The van der Waals surface area contributed by atoms with Crippen molar-refractivity contribution in [1.29, 1.82) is 5.26 Å². The largest absolute Gasteiger partial charge is 0.493 e. The first kappa shape index (κ1) is 26.8. The second kappa shape index (κ2) is 11.9. The van der Waals surface area contributed by atoms with Crippen molar-refractivity contribution < 1.29 is 19.1 Å². The number of fused-ring (bicyclic) bond motifs is 1. The maximum Gasteiger partial charge on any atom is 0.262 e. The highest BCUT2D eigenvalue weighted by atomic mass is 35.5. The first-order chi connectivity index (χ1) is 19.5. The fraction of sp³-hybridized carbons (Fsp3) is 0.156. The molecule has 1 heterocycles. The maximum absolute atomic E-state index is 13.4. The predicted octanol–water partition coefficient (Wildman–Crippen LogP) is 6.29. The molecule has 7 nitrogen and oxygen atoms in total. The van der Waals surface area contributed by atoms with Gasteiger partial charge in [0.15, 0.2) is 11.5 Å². The van der Waals surface area contributed by atoms with Gasteiger partial charge < -0.3 is 14.8 Å². The van der Waals surface area contributed by atoms with Crippen LogP contribution < -0.4 is 14.8 Å². The van der Waals surface area contributed by atoms with Gasteiger partial charge in [0.2, 0.25) is 0 Å². The van der Waals surface area contributed by atoms with E-state index in [-0.39, 0.29) is 18.4 Å². The van der Waals surface area contributed by atoms with Crippen LogP contribution in [-0.2, 0) is 6.42 Å². The minimum Gasteiger partial charge on any atom is -0.493 e. The monoisotopic (exact) mass is 551 g/mol. The van der Waals surface area contributed by atoms with E-state index < -0.39 is 6.04 Å². The number of ether oxygens (including phenoxy) is 2. The van der Waals surface area contributed by atoms with Gasteiger partial charge in [0.1, 0.15) is 0 Å². The quantitative estimate of drug-likeness (QED) is 0.233. The number of nitriles is 1.